The molecule has 0 bridgehead atoms. The van der Waals surface area contributed by atoms with Crippen molar-refractivity contribution in [2.75, 3.05) is 20.1 Å². The topological polar surface area (TPSA) is 69.6 Å². The Labute approximate surface area is 118 Å². The Morgan fingerprint density at radius 3 is 2.75 bits per heavy atom. The molecule has 0 radical (unpaired) electrons. The molecule has 1 saturated carbocycles. The highest BCUT2D eigenvalue weighted by Crippen LogP contribution is 2.24. The van der Waals surface area contributed by atoms with Crippen molar-refractivity contribution in [1.29, 1.82) is 0 Å². The van der Waals surface area contributed by atoms with Crippen molar-refractivity contribution in [3.8, 4) is 0 Å². The number of hydrogen-bond acceptors (Lipinski definition) is 4. The summed E-state index contributed by atoms with van der Waals surface area (Å²) in [5, 5.41) is 8.96. The lowest BCUT2D eigenvalue weighted by atomic mass is 10.2. The number of rotatable bonds is 7. The molecule has 2 rings (SSSR count). The predicted octanol–water partition coefficient (Wildman–Crippen LogP) is 0.690. The van der Waals surface area contributed by atoms with Gasteiger partial charge in [0.05, 0.1) is 11.5 Å². The van der Waals surface area contributed by atoms with E-state index in [2.05, 4.69) is 9.62 Å². The van der Waals surface area contributed by atoms with E-state index < -0.39 is 22.4 Å². The molecule has 0 unspecified atom stereocenters. The highest BCUT2D eigenvalue weighted by atomic mass is 32.2. The number of benzene rings is 1. The molecular weight excluding hydrogens is 283 g/mol. The van der Waals surface area contributed by atoms with Gasteiger partial charge in [-0.2, -0.15) is 0 Å². The lowest BCUT2D eigenvalue weighted by Crippen LogP contribution is -2.34. The zero-order valence-corrected chi connectivity index (χ0v) is 12.2. The summed E-state index contributed by atoms with van der Waals surface area (Å²) in [7, 11) is -1.70. The van der Waals surface area contributed by atoms with Gasteiger partial charge in [0.15, 0.2) is 0 Å². The van der Waals surface area contributed by atoms with Crippen molar-refractivity contribution in [3.05, 3.63) is 29.6 Å². The van der Waals surface area contributed by atoms with Crippen molar-refractivity contribution < 1.29 is 17.9 Å². The Morgan fingerprint density at radius 1 is 1.45 bits per heavy atom. The molecule has 0 amide bonds. The van der Waals surface area contributed by atoms with Gasteiger partial charge in [-0.25, -0.2) is 17.5 Å². The largest absolute Gasteiger partial charge is 0.392 e. The molecule has 1 aliphatic rings. The quantitative estimate of drug-likeness (QED) is 0.777. The maximum absolute atomic E-state index is 13.2. The summed E-state index contributed by atoms with van der Waals surface area (Å²) in [5.41, 5.74) is -0.0250. The number of nitrogens with zero attached hydrogens (tertiary/aromatic N) is 1. The average molecular weight is 302 g/mol. The van der Waals surface area contributed by atoms with Crippen LogP contribution in [-0.2, 0) is 16.6 Å². The van der Waals surface area contributed by atoms with Gasteiger partial charge in [-0.1, -0.05) is 0 Å². The van der Waals surface area contributed by atoms with E-state index in [0.717, 1.165) is 12.1 Å². The Morgan fingerprint density at radius 2 is 2.15 bits per heavy atom. The third kappa shape index (κ3) is 3.76. The molecule has 0 heterocycles. The number of hydrogen-bond donors (Lipinski definition) is 2. The van der Waals surface area contributed by atoms with Gasteiger partial charge < -0.3 is 10.0 Å². The van der Waals surface area contributed by atoms with Crippen LogP contribution in [0.4, 0.5) is 4.39 Å². The average Bonchev–Trinajstić information content (AvgIpc) is 3.23. The molecule has 0 atom stereocenters. The van der Waals surface area contributed by atoms with Crippen LogP contribution in [0.15, 0.2) is 23.1 Å². The van der Waals surface area contributed by atoms with Crippen LogP contribution < -0.4 is 4.72 Å². The fraction of sp³-hybridized carbons (Fsp3) is 0.538. The molecule has 1 aromatic rings. The van der Waals surface area contributed by atoms with E-state index in [1.807, 2.05) is 7.05 Å². The minimum atomic E-state index is -3.67. The second-order valence-corrected chi connectivity index (χ2v) is 6.79. The number of likely N-dealkylation sites (N-methyl/N-ethyl adjacent to an activating group) is 1. The van der Waals surface area contributed by atoms with Crippen molar-refractivity contribution in [2.45, 2.75) is 30.4 Å². The van der Waals surface area contributed by atoms with Gasteiger partial charge in [0.25, 0.3) is 0 Å². The molecule has 112 valence electrons. The van der Waals surface area contributed by atoms with Crippen LogP contribution in [0, 0.1) is 5.82 Å². The Balaban J connectivity index is 1.98. The van der Waals surface area contributed by atoms with Gasteiger partial charge >= 0.3 is 0 Å². The molecule has 2 N–H and O–H groups in total. The lowest BCUT2D eigenvalue weighted by Gasteiger charge is -2.16. The van der Waals surface area contributed by atoms with E-state index in [9.17, 15) is 12.8 Å². The first kappa shape index (κ1) is 15.4. The van der Waals surface area contributed by atoms with Crippen LogP contribution in [0.3, 0.4) is 0 Å². The molecule has 1 aromatic carbocycles. The summed E-state index contributed by atoms with van der Waals surface area (Å²) in [6.07, 6.45) is 2.34. The number of nitrogens with one attached hydrogen (secondary N) is 1. The fourth-order valence-corrected chi connectivity index (χ4v) is 3.05. The van der Waals surface area contributed by atoms with Crippen LogP contribution in [0.2, 0.25) is 0 Å². The summed E-state index contributed by atoms with van der Waals surface area (Å²) in [6, 6.07) is 3.98. The van der Waals surface area contributed by atoms with E-state index in [4.69, 9.17) is 5.11 Å². The Hall–Kier alpha value is -1.02. The minimum absolute atomic E-state index is 0.0250. The first-order chi connectivity index (χ1) is 9.44. The summed E-state index contributed by atoms with van der Waals surface area (Å²) in [4.78, 5) is 2.09. The molecular formula is C13H19FN2O3S. The number of halogens is 1. The molecule has 7 heteroatoms. The third-order valence-corrected chi connectivity index (χ3v) is 4.88. The molecule has 0 aliphatic heterocycles. The zero-order chi connectivity index (χ0) is 14.8. The van der Waals surface area contributed by atoms with Crippen molar-refractivity contribution >= 4 is 10.0 Å². The van der Waals surface area contributed by atoms with E-state index in [-0.39, 0.29) is 10.5 Å². The molecule has 1 aliphatic carbocycles. The number of sulfonamides is 1. The normalized spacial score (nSPS) is 15.8. The van der Waals surface area contributed by atoms with Gasteiger partial charge in [-0.3, -0.25) is 0 Å². The zero-order valence-electron chi connectivity index (χ0n) is 11.3. The van der Waals surface area contributed by atoms with Gasteiger partial charge in [0, 0.05) is 24.7 Å². The lowest BCUT2D eigenvalue weighted by molar-refractivity contribution is 0.275. The third-order valence-electron chi connectivity index (χ3n) is 3.42. The standard InChI is InChI=1S/C13H19FN2O3S/c1-16(11-2-3-11)7-6-15-20(18,19)12-4-5-13(14)10(8-12)9-17/h4-5,8,11,15,17H,2-3,6-7,9H2,1H3. The first-order valence-corrected chi connectivity index (χ1v) is 8.01. The van der Waals surface area contributed by atoms with Crippen LogP contribution in [0.1, 0.15) is 18.4 Å². The number of aliphatic hydroxyl groups is 1. The second kappa shape index (κ2) is 6.17. The summed E-state index contributed by atoms with van der Waals surface area (Å²) < 4.78 is 39.8. The highest BCUT2D eigenvalue weighted by Gasteiger charge is 2.26. The van der Waals surface area contributed by atoms with Crippen molar-refractivity contribution in [3.63, 3.8) is 0 Å². The molecule has 5 nitrogen and oxygen atoms in total. The van der Waals surface area contributed by atoms with Crippen LogP contribution in [0.25, 0.3) is 0 Å². The molecule has 0 saturated heterocycles. The fourth-order valence-electron chi connectivity index (χ4n) is 1.98. The molecule has 1 fully saturated rings. The minimum Gasteiger partial charge on any atom is -0.392 e. The van der Waals surface area contributed by atoms with Crippen LogP contribution >= 0.6 is 0 Å². The predicted molar refractivity (Wildman–Crippen MR) is 73.2 cm³/mol. The van der Waals surface area contributed by atoms with Crippen LogP contribution in [0.5, 0.6) is 0 Å². The summed E-state index contributed by atoms with van der Waals surface area (Å²) >= 11 is 0. The maximum Gasteiger partial charge on any atom is 0.240 e. The van der Waals surface area contributed by atoms with Crippen LogP contribution in [-0.4, -0.2) is 44.6 Å². The first-order valence-electron chi connectivity index (χ1n) is 6.53. The van der Waals surface area contributed by atoms with Crippen molar-refractivity contribution in [2.24, 2.45) is 0 Å². The van der Waals surface area contributed by atoms with Gasteiger partial charge in [-0.15, -0.1) is 0 Å². The maximum atomic E-state index is 13.2. The summed E-state index contributed by atoms with van der Waals surface area (Å²) in [6.45, 7) is 0.415. The highest BCUT2D eigenvalue weighted by molar-refractivity contribution is 7.89. The van der Waals surface area contributed by atoms with Crippen molar-refractivity contribution in [1.82, 2.24) is 9.62 Å². The van der Waals surface area contributed by atoms with Gasteiger partial charge in [-0.05, 0) is 38.1 Å². The van der Waals surface area contributed by atoms with E-state index in [1.54, 1.807) is 0 Å². The van der Waals surface area contributed by atoms with Gasteiger partial charge in [0.1, 0.15) is 5.82 Å². The Kier molecular flexibility index (Phi) is 4.74. The SMILES string of the molecule is CN(CCNS(=O)(=O)c1ccc(F)c(CO)c1)C1CC1. The molecule has 0 spiro atoms. The van der Waals surface area contributed by atoms with Gasteiger partial charge in [0.2, 0.25) is 10.0 Å². The van der Waals surface area contributed by atoms with E-state index >= 15 is 0 Å². The smallest absolute Gasteiger partial charge is 0.240 e. The monoisotopic (exact) mass is 302 g/mol. The number of aliphatic hydroxyl groups excluding tert-OH is 1. The molecule has 0 aromatic heterocycles. The Bertz CT molecular complexity index is 573. The molecule has 20 heavy (non-hydrogen) atoms. The van der Waals surface area contributed by atoms with E-state index in [0.29, 0.717) is 19.1 Å². The van der Waals surface area contributed by atoms with E-state index in [1.165, 1.54) is 18.9 Å². The second-order valence-electron chi connectivity index (χ2n) is 5.02. The summed E-state index contributed by atoms with van der Waals surface area (Å²) in [5.74, 6) is -0.611.